The molecule has 0 aromatic carbocycles. The highest BCUT2D eigenvalue weighted by Gasteiger charge is 2.52. The van der Waals surface area contributed by atoms with Gasteiger partial charge in [0.2, 0.25) is 0 Å². The molecule has 3 saturated heterocycles. The minimum absolute atomic E-state index is 0.0284. The lowest BCUT2D eigenvalue weighted by atomic mass is 9.97. The van der Waals surface area contributed by atoms with Gasteiger partial charge in [-0.25, -0.2) is 0 Å². The molecule has 0 bridgehead atoms. The summed E-state index contributed by atoms with van der Waals surface area (Å²) in [5, 5.41) is 0. The lowest BCUT2D eigenvalue weighted by molar-refractivity contribution is -0.350. The SMILES string of the molecule is COC[C@H]1O[C@H](OC[C@H]2O[C@H](OC[C@H]3OC(OC)[C@H](OC)[C@@H](OC)[C@@H]3OC)[C@H](OC)[C@@H](OC)[C@@H]2OC)[C@H](OC)[C@@H](OC)[C@@H]1OC. The van der Waals surface area contributed by atoms with Crippen LogP contribution in [0, 0.1) is 0 Å². The smallest absolute Gasteiger partial charge is 0.187 e. The first-order chi connectivity index (χ1) is 21.9. The third-order valence-corrected chi connectivity index (χ3v) is 8.64. The summed E-state index contributed by atoms with van der Waals surface area (Å²) in [7, 11) is 17.2. The number of rotatable bonds is 18. The average molecular weight is 659 g/mol. The second kappa shape index (κ2) is 19.4. The van der Waals surface area contributed by atoms with Crippen LogP contribution in [0.4, 0.5) is 0 Å². The maximum absolute atomic E-state index is 6.43. The summed E-state index contributed by atoms with van der Waals surface area (Å²) >= 11 is 0. The van der Waals surface area contributed by atoms with Crippen molar-refractivity contribution in [3.63, 3.8) is 0 Å². The molecule has 0 aromatic rings. The maximum atomic E-state index is 6.43. The highest BCUT2D eigenvalue weighted by atomic mass is 16.8. The first kappa shape index (κ1) is 38.8. The largest absolute Gasteiger partial charge is 0.382 e. The van der Waals surface area contributed by atoms with Crippen molar-refractivity contribution in [3.05, 3.63) is 0 Å². The molecule has 15 atom stereocenters. The molecule has 0 radical (unpaired) electrons. The van der Waals surface area contributed by atoms with Gasteiger partial charge in [-0.15, -0.1) is 0 Å². The van der Waals surface area contributed by atoms with Crippen LogP contribution in [0.3, 0.4) is 0 Å². The molecule has 16 nitrogen and oxygen atoms in total. The van der Waals surface area contributed by atoms with Crippen molar-refractivity contribution in [2.75, 3.05) is 98.0 Å². The molecule has 0 spiro atoms. The zero-order valence-corrected chi connectivity index (χ0v) is 28.3. The Morgan fingerprint density at radius 1 is 0.311 bits per heavy atom. The molecule has 3 aliphatic rings. The van der Waals surface area contributed by atoms with E-state index in [1.807, 2.05) is 0 Å². The summed E-state index contributed by atoms with van der Waals surface area (Å²) in [6, 6.07) is 0. The molecular formula is C29H54O16. The summed E-state index contributed by atoms with van der Waals surface area (Å²) < 4.78 is 94.0. The van der Waals surface area contributed by atoms with Crippen LogP contribution < -0.4 is 0 Å². The standard InChI is InChI=1S/C29H54O16/c1-30-12-15-18(31-2)22(35-6)25(38-9)28(44-15)42-14-17-20(33-4)23(36-7)26(39-10)29(45-17)41-13-16-19(32-3)21(34-5)24(37-8)27(40-11)43-16/h15-29H,12-14H2,1-11H3/t15-,16-,17-,18-,19-,20-,21+,22+,23+,24-,25-,26-,27?,28+,29+/m1/s1. The summed E-state index contributed by atoms with van der Waals surface area (Å²) in [6.07, 6.45) is -9.07. The second-order valence-corrected chi connectivity index (χ2v) is 10.8. The monoisotopic (exact) mass is 658 g/mol. The van der Waals surface area contributed by atoms with Crippen molar-refractivity contribution in [2.24, 2.45) is 0 Å². The predicted octanol–water partition coefficient (Wildman–Crippen LogP) is -0.378. The lowest BCUT2D eigenvalue weighted by Crippen LogP contribution is -2.64. The Hall–Kier alpha value is -0.640. The van der Waals surface area contributed by atoms with Gasteiger partial charge in [-0.1, -0.05) is 0 Å². The minimum Gasteiger partial charge on any atom is -0.382 e. The predicted molar refractivity (Wildman–Crippen MR) is 154 cm³/mol. The van der Waals surface area contributed by atoms with Gasteiger partial charge in [0.25, 0.3) is 0 Å². The van der Waals surface area contributed by atoms with Gasteiger partial charge in [-0.3, -0.25) is 0 Å². The van der Waals surface area contributed by atoms with Crippen molar-refractivity contribution in [3.8, 4) is 0 Å². The molecule has 1 unspecified atom stereocenters. The van der Waals surface area contributed by atoms with E-state index < -0.39 is 92.1 Å². The third kappa shape index (κ3) is 8.70. The lowest BCUT2D eigenvalue weighted by Gasteiger charge is -2.47. The van der Waals surface area contributed by atoms with Crippen molar-refractivity contribution in [2.45, 2.75) is 92.1 Å². The average Bonchev–Trinajstić information content (AvgIpc) is 3.07. The first-order valence-electron chi connectivity index (χ1n) is 14.8. The highest BCUT2D eigenvalue weighted by Crippen LogP contribution is 2.33. The van der Waals surface area contributed by atoms with Crippen LogP contribution in [-0.2, 0) is 75.8 Å². The van der Waals surface area contributed by atoms with Crippen LogP contribution in [0.25, 0.3) is 0 Å². The molecule has 3 heterocycles. The number of hydrogen-bond acceptors (Lipinski definition) is 16. The number of methoxy groups -OCH3 is 11. The Labute approximate surface area is 266 Å². The Kier molecular flexibility index (Phi) is 16.7. The van der Waals surface area contributed by atoms with E-state index in [9.17, 15) is 0 Å². The van der Waals surface area contributed by atoms with Crippen molar-refractivity contribution >= 4 is 0 Å². The van der Waals surface area contributed by atoms with E-state index >= 15 is 0 Å². The molecule has 0 N–H and O–H groups in total. The van der Waals surface area contributed by atoms with Crippen LogP contribution in [0.2, 0.25) is 0 Å². The second-order valence-electron chi connectivity index (χ2n) is 10.8. The molecular weight excluding hydrogens is 604 g/mol. The molecule has 0 aromatic heterocycles. The van der Waals surface area contributed by atoms with Crippen LogP contribution in [0.15, 0.2) is 0 Å². The zero-order chi connectivity index (χ0) is 33.1. The number of hydrogen-bond donors (Lipinski definition) is 0. The topological polar surface area (TPSA) is 148 Å². The Morgan fingerprint density at radius 2 is 0.600 bits per heavy atom. The molecule has 0 amide bonds. The Bertz CT molecular complexity index is 810. The van der Waals surface area contributed by atoms with E-state index in [1.165, 1.54) is 7.11 Å². The van der Waals surface area contributed by atoms with Gasteiger partial charge >= 0.3 is 0 Å². The molecule has 45 heavy (non-hydrogen) atoms. The first-order valence-corrected chi connectivity index (χ1v) is 14.8. The minimum atomic E-state index is -0.903. The number of ether oxygens (including phenoxy) is 16. The van der Waals surface area contributed by atoms with Crippen LogP contribution >= 0.6 is 0 Å². The van der Waals surface area contributed by atoms with E-state index in [1.54, 1.807) is 71.1 Å². The van der Waals surface area contributed by atoms with Gasteiger partial charge in [0.05, 0.1) is 19.8 Å². The molecule has 16 heteroatoms. The normalized spacial score (nSPS) is 42.6. The fourth-order valence-corrected chi connectivity index (χ4v) is 6.44. The van der Waals surface area contributed by atoms with Crippen molar-refractivity contribution < 1.29 is 75.8 Å². The van der Waals surface area contributed by atoms with E-state index in [-0.39, 0.29) is 19.8 Å². The highest BCUT2D eigenvalue weighted by molar-refractivity contribution is 4.96. The summed E-state index contributed by atoms with van der Waals surface area (Å²) in [5.41, 5.74) is 0. The van der Waals surface area contributed by atoms with Gasteiger partial charge in [0, 0.05) is 78.2 Å². The Morgan fingerprint density at radius 3 is 0.889 bits per heavy atom. The summed E-state index contributed by atoms with van der Waals surface area (Å²) in [4.78, 5) is 0. The summed E-state index contributed by atoms with van der Waals surface area (Å²) in [5.74, 6) is 0. The molecule has 266 valence electrons. The molecule has 3 rings (SSSR count). The van der Waals surface area contributed by atoms with Gasteiger partial charge in [0.15, 0.2) is 18.9 Å². The van der Waals surface area contributed by atoms with Crippen LogP contribution in [0.1, 0.15) is 0 Å². The molecule has 0 aliphatic carbocycles. The fraction of sp³-hybridized carbons (Fsp3) is 1.00. The Balaban J connectivity index is 1.78. The summed E-state index contributed by atoms with van der Waals surface area (Å²) in [6.45, 7) is 0.336. The maximum Gasteiger partial charge on any atom is 0.187 e. The van der Waals surface area contributed by atoms with Crippen LogP contribution in [-0.4, -0.2) is 190 Å². The zero-order valence-electron chi connectivity index (χ0n) is 28.3. The quantitative estimate of drug-likeness (QED) is 0.188. The molecule has 3 fully saturated rings. The third-order valence-electron chi connectivity index (χ3n) is 8.64. The van der Waals surface area contributed by atoms with E-state index in [4.69, 9.17) is 75.8 Å². The molecule has 0 saturated carbocycles. The van der Waals surface area contributed by atoms with E-state index in [2.05, 4.69) is 0 Å². The van der Waals surface area contributed by atoms with Gasteiger partial charge in [0.1, 0.15) is 73.2 Å². The van der Waals surface area contributed by atoms with Gasteiger partial charge in [-0.2, -0.15) is 0 Å². The van der Waals surface area contributed by atoms with Crippen molar-refractivity contribution in [1.82, 2.24) is 0 Å². The van der Waals surface area contributed by atoms with Crippen molar-refractivity contribution in [1.29, 1.82) is 0 Å². The van der Waals surface area contributed by atoms with E-state index in [0.29, 0.717) is 0 Å². The van der Waals surface area contributed by atoms with Gasteiger partial charge < -0.3 is 75.8 Å². The van der Waals surface area contributed by atoms with Crippen LogP contribution in [0.5, 0.6) is 0 Å². The molecule has 3 aliphatic heterocycles. The fourth-order valence-electron chi connectivity index (χ4n) is 6.44. The van der Waals surface area contributed by atoms with E-state index in [0.717, 1.165) is 0 Å². The van der Waals surface area contributed by atoms with Gasteiger partial charge in [-0.05, 0) is 0 Å².